The van der Waals surface area contributed by atoms with E-state index in [-0.39, 0.29) is 39.5 Å². The maximum Gasteiger partial charge on any atom is 0.323 e. The van der Waals surface area contributed by atoms with E-state index in [9.17, 15) is 20.0 Å². The van der Waals surface area contributed by atoms with Crippen LogP contribution in [0.3, 0.4) is 0 Å². The Labute approximate surface area is 127 Å². The second kappa shape index (κ2) is 6.87. The maximum atomic E-state index is 11.4. The van der Waals surface area contributed by atoms with Crippen LogP contribution in [-0.4, -0.2) is 28.6 Å². The predicted molar refractivity (Wildman–Crippen MR) is 75.8 cm³/mol. The summed E-state index contributed by atoms with van der Waals surface area (Å²) in [5.41, 5.74) is 5.39. The summed E-state index contributed by atoms with van der Waals surface area (Å²) < 4.78 is 4.69. The van der Waals surface area contributed by atoms with Crippen LogP contribution in [0.4, 0.5) is 5.69 Å². The zero-order valence-corrected chi connectivity index (χ0v) is 12.8. The first-order valence-corrected chi connectivity index (χ1v) is 6.73. The van der Waals surface area contributed by atoms with Gasteiger partial charge in [0.1, 0.15) is 21.3 Å². The smallest absolute Gasteiger partial charge is 0.323 e. The van der Waals surface area contributed by atoms with Crippen molar-refractivity contribution in [3.8, 4) is 5.75 Å². The van der Waals surface area contributed by atoms with E-state index in [1.165, 1.54) is 0 Å². The number of nitro benzene ring substituents is 1. The van der Waals surface area contributed by atoms with Crippen LogP contribution >= 0.6 is 27.5 Å². The number of ether oxygens (including phenoxy) is 1. The Bertz CT molecular complexity index is 552. The van der Waals surface area contributed by atoms with Crippen LogP contribution in [0.2, 0.25) is 5.02 Å². The molecule has 0 aliphatic heterocycles. The van der Waals surface area contributed by atoms with Crippen molar-refractivity contribution < 1.29 is 19.6 Å². The number of benzene rings is 1. The summed E-state index contributed by atoms with van der Waals surface area (Å²) in [6.07, 6.45) is -0.126. The summed E-state index contributed by atoms with van der Waals surface area (Å²) in [6.45, 7) is 1.79. The second-order valence-electron chi connectivity index (χ2n) is 3.85. The lowest BCUT2D eigenvalue weighted by molar-refractivity contribution is -0.385. The molecule has 0 heterocycles. The Kier molecular flexibility index (Phi) is 5.73. The molecule has 0 aliphatic carbocycles. The molecule has 1 aromatic rings. The highest BCUT2D eigenvalue weighted by molar-refractivity contribution is 9.10. The molecule has 0 saturated heterocycles. The number of carbonyl (C=O) groups excluding carboxylic acids is 1. The van der Waals surface area contributed by atoms with Gasteiger partial charge in [0.15, 0.2) is 0 Å². The molecule has 1 atom stereocenters. The molecule has 0 fully saturated rings. The first-order chi connectivity index (χ1) is 9.29. The molecule has 20 heavy (non-hydrogen) atoms. The third kappa shape index (κ3) is 3.59. The van der Waals surface area contributed by atoms with Crippen molar-refractivity contribution in [1.29, 1.82) is 0 Å². The molecule has 3 N–H and O–H groups in total. The van der Waals surface area contributed by atoms with Gasteiger partial charge in [-0.2, -0.15) is 0 Å². The van der Waals surface area contributed by atoms with Gasteiger partial charge in [-0.3, -0.25) is 14.9 Å². The fourth-order valence-corrected chi connectivity index (χ4v) is 2.18. The first kappa shape index (κ1) is 16.7. The molecule has 0 radical (unpaired) electrons. The zero-order valence-electron chi connectivity index (χ0n) is 10.4. The fraction of sp³-hybridized carbons (Fsp3) is 0.364. The van der Waals surface area contributed by atoms with E-state index in [4.69, 9.17) is 22.1 Å². The van der Waals surface area contributed by atoms with Gasteiger partial charge in [-0.15, -0.1) is 0 Å². The van der Waals surface area contributed by atoms with Crippen molar-refractivity contribution in [2.24, 2.45) is 5.73 Å². The number of carbonyl (C=O) groups is 1. The Morgan fingerprint density at radius 2 is 2.30 bits per heavy atom. The van der Waals surface area contributed by atoms with E-state index in [1.54, 1.807) is 6.92 Å². The van der Waals surface area contributed by atoms with E-state index < -0.39 is 16.9 Å². The van der Waals surface area contributed by atoms with E-state index >= 15 is 0 Å². The minimum absolute atomic E-state index is 0.0323. The Morgan fingerprint density at radius 3 is 2.80 bits per heavy atom. The highest BCUT2D eigenvalue weighted by atomic mass is 79.9. The summed E-state index contributed by atoms with van der Waals surface area (Å²) >= 11 is 8.73. The van der Waals surface area contributed by atoms with Gasteiger partial charge >= 0.3 is 5.97 Å². The highest BCUT2D eigenvalue weighted by Crippen LogP contribution is 2.41. The Hall–Kier alpha value is -1.38. The minimum atomic E-state index is -1.04. The third-order valence-corrected chi connectivity index (χ3v) is 3.87. The molecule has 9 heteroatoms. The van der Waals surface area contributed by atoms with Gasteiger partial charge in [0.05, 0.1) is 11.5 Å². The molecule has 0 amide bonds. The maximum absolute atomic E-state index is 11.4. The van der Waals surface area contributed by atoms with Crippen molar-refractivity contribution in [3.05, 3.63) is 31.2 Å². The Balaban J connectivity index is 3.13. The summed E-state index contributed by atoms with van der Waals surface area (Å²) in [5, 5.41) is 20.5. The molecular formula is C11H12BrClN2O5. The minimum Gasteiger partial charge on any atom is -0.506 e. The number of nitro groups is 1. The van der Waals surface area contributed by atoms with Crippen molar-refractivity contribution in [3.63, 3.8) is 0 Å². The number of phenolic OH excluding ortho intramolecular Hbond substituents is 1. The van der Waals surface area contributed by atoms with Gasteiger partial charge in [0.2, 0.25) is 0 Å². The van der Waals surface area contributed by atoms with E-state index in [1.807, 2.05) is 0 Å². The number of esters is 1. The molecule has 110 valence electrons. The lowest BCUT2D eigenvalue weighted by Crippen LogP contribution is -2.34. The lowest BCUT2D eigenvalue weighted by atomic mass is 10.0. The number of rotatable bonds is 5. The zero-order chi connectivity index (χ0) is 15.4. The molecule has 0 aliphatic rings. The number of aromatic hydroxyl groups is 1. The molecule has 0 saturated carbocycles. The average Bonchev–Trinajstić information content (AvgIpc) is 2.39. The third-order valence-electron chi connectivity index (χ3n) is 2.47. The number of nitrogens with two attached hydrogens (primary N) is 1. The molecule has 0 spiro atoms. The van der Waals surface area contributed by atoms with Crippen LogP contribution < -0.4 is 5.73 Å². The van der Waals surface area contributed by atoms with Gasteiger partial charge in [-0.1, -0.05) is 11.6 Å². The number of hydrogen-bond donors (Lipinski definition) is 2. The number of nitrogens with zero attached hydrogens (tertiary/aromatic N) is 1. The molecule has 1 rings (SSSR count). The fourth-order valence-electron chi connectivity index (χ4n) is 1.51. The average molecular weight is 368 g/mol. The SMILES string of the molecule is CCOC(=O)C(N)Cc1cc([N+](=O)[O-])c(Br)c(Cl)c1O. The first-order valence-electron chi connectivity index (χ1n) is 5.56. The van der Waals surface area contributed by atoms with E-state index in [0.717, 1.165) is 6.07 Å². The molecular weight excluding hydrogens is 355 g/mol. The monoisotopic (exact) mass is 366 g/mol. The van der Waals surface area contributed by atoms with E-state index in [0.29, 0.717) is 0 Å². The van der Waals surface area contributed by atoms with Crippen LogP contribution in [0.1, 0.15) is 12.5 Å². The number of hydrogen-bond acceptors (Lipinski definition) is 6. The van der Waals surface area contributed by atoms with Crippen LogP contribution in [0, 0.1) is 10.1 Å². The van der Waals surface area contributed by atoms with Crippen LogP contribution in [0.25, 0.3) is 0 Å². The van der Waals surface area contributed by atoms with Gasteiger partial charge in [0.25, 0.3) is 5.69 Å². The van der Waals surface area contributed by atoms with Crippen molar-refractivity contribution in [1.82, 2.24) is 0 Å². The van der Waals surface area contributed by atoms with Crippen molar-refractivity contribution >= 4 is 39.2 Å². The number of halogens is 2. The van der Waals surface area contributed by atoms with Crippen molar-refractivity contribution in [2.45, 2.75) is 19.4 Å². The van der Waals surface area contributed by atoms with Crippen LogP contribution in [0.15, 0.2) is 10.5 Å². The summed E-state index contributed by atoms with van der Waals surface area (Å²) in [7, 11) is 0. The largest absolute Gasteiger partial charge is 0.506 e. The van der Waals surface area contributed by atoms with Crippen LogP contribution in [0.5, 0.6) is 5.75 Å². The second-order valence-corrected chi connectivity index (χ2v) is 5.02. The van der Waals surface area contributed by atoms with Gasteiger partial charge in [0, 0.05) is 18.1 Å². The predicted octanol–water partition coefficient (Wildman–Crippen LogP) is 2.15. The van der Waals surface area contributed by atoms with E-state index in [2.05, 4.69) is 15.9 Å². The summed E-state index contributed by atoms with van der Waals surface area (Å²) in [4.78, 5) is 21.6. The molecule has 0 aromatic heterocycles. The molecule has 1 unspecified atom stereocenters. The Morgan fingerprint density at radius 1 is 1.70 bits per heavy atom. The summed E-state index contributed by atoms with van der Waals surface area (Å²) in [6, 6.07) is 0.0717. The van der Waals surface area contributed by atoms with Gasteiger partial charge in [-0.05, 0) is 22.9 Å². The highest BCUT2D eigenvalue weighted by Gasteiger charge is 2.24. The summed E-state index contributed by atoms with van der Waals surface area (Å²) in [5.74, 6) is -1.02. The van der Waals surface area contributed by atoms with Crippen molar-refractivity contribution in [2.75, 3.05) is 6.61 Å². The normalized spacial score (nSPS) is 12.0. The molecule has 1 aromatic carbocycles. The molecule has 0 bridgehead atoms. The van der Waals surface area contributed by atoms with Crippen LogP contribution in [-0.2, 0) is 16.0 Å². The lowest BCUT2D eigenvalue weighted by Gasteiger charge is -2.13. The quantitative estimate of drug-likeness (QED) is 0.468. The van der Waals surface area contributed by atoms with Gasteiger partial charge in [-0.25, -0.2) is 0 Å². The topological polar surface area (TPSA) is 116 Å². The van der Waals surface area contributed by atoms with Gasteiger partial charge < -0.3 is 15.6 Å². The standard InChI is InChI=1S/C11H12BrClN2O5/c1-2-20-11(17)6(14)3-5-4-7(15(18)19)8(12)9(13)10(5)16/h4,6,16H,2-3,14H2,1H3. The number of phenols is 1. The molecule has 7 nitrogen and oxygen atoms in total.